The highest BCUT2D eigenvalue weighted by molar-refractivity contribution is 5.28. The van der Waals surface area contributed by atoms with Crippen molar-refractivity contribution >= 4 is 0 Å². The second-order valence-electron chi connectivity index (χ2n) is 5.85. The summed E-state index contributed by atoms with van der Waals surface area (Å²) < 4.78 is 40.2. The van der Waals surface area contributed by atoms with Crippen LogP contribution in [0.4, 0.5) is 13.2 Å². The van der Waals surface area contributed by atoms with Crippen LogP contribution in [-0.2, 0) is 6.42 Å². The Morgan fingerprint density at radius 2 is 1.95 bits per heavy atom. The first-order valence-electron chi connectivity index (χ1n) is 7.18. The molecular formula is C15H21F3N2O. The van der Waals surface area contributed by atoms with Crippen LogP contribution in [0, 0.1) is 11.8 Å². The molecule has 3 atom stereocenters. The molecule has 3 N–H and O–H groups in total. The number of benzene rings is 1. The molecule has 118 valence electrons. The summed E-state index contributed by atoms with van der Waals surface area (Å²) >= 11 is 0. The largest absolute Gasteiger partial charge is 0.573 e. The maximum atomic E-state index is 12.1. The van der Waals surface area contributed by atoms with Gasteiger partial charge in [0.15, 0.2) is 0 Å². The molecule has 0 radical (unpaired) electrons. The molecule has 0 heterocycles. The third kappa shape index (κ3) is 4.89. The molecule has 3 unspecified atom stereocenters. The van der Waals surface area contributed by atoms with Gasteiger partial charge in [-0.15, -0.1) is 13.2 Å². The SMILES string of the molecule is CC1CCC(C(Cc2ccc(OC(F)(F)F)cc2)NN)C1. The van der Waals surface area contributed by atoms with Gasteiger partial charge >= 0.3 is 6.36 Å². The van der Waals surface area contributed by atoms with E-state index in [9.17, 15) is 13.2 Å². The minimum absolute atomic E-state index is 0.157. The second-order valence-corrected chi connectivity index (χ2v) is 5.85. The fourth-order valence-electron chi connectivity index (χ4n) is 3.06. The molecular weight excluding hydrogens is 281 g/mol. The topological polar surface area (TPSA) is 47.3 Å². The molecule has 1 saturated carbocycles. The number of ether oxygens (including phenoxy) is 1. The van der Waals surface area contributed by atoms with E-state index in [1.54, 1.807) is 12.1 Å². The molecule has 1 aliphatic rings. The Morgan fingerprint density at radius 3 is 2.43 bits per heavy atom. The molecule has 21 heavy (non-hydrogen) atoms. The van der Waals surface area contributed by atoms with E-state index in [4.69, 9.17) is 5.84 Å². The van der Waals surface area contributed by atoms with Crippen LogP contribution >= 0.6 is 0 Å². The Hall–Kier alpha value is -1.27. The summed E-state index contributed by atoms with van der Waals surface area (Å²) in [5, 5.41) is 0. The Bertz CT molecular complexity index is 447. The summed E-state index contributed by atoms with van der Waals surface area (Å²) in [4.78, 5) is 0. The van der Waals surface area contributed by atoms with E-state index in [0.717, 1.165) is 18.4 Å². The monoisotopic (exact) mass is 302 g/mol. The van der Waals surface area contributed by atoms with Gasteiger partial charge in [0.25, 0.3) is 0 Å². The average Bonchev–Trinajstić information content (AvgIpc) is 2.82. The van der Waals surface area contributed by atoms with E-state index in [1.165, 1.54) is 18.6 Å². The van der Waals surface area contributed by atoms with Gasteiger partial charge in [0, 0.05) is 6.04 Å². The molecule has 3 nitrogen and oxygen atoms in total. The smallest absolute Gasteiger partial charge is 0.406 e. The van der Waals surface area contributed by atoms with Crippen LogP contribution in [0.15, 0.2) is 24.3 Å². The minimum Gasteiger partial charge on any atom is -0.406 e. The normalized spacial score (nSPS) is 24.0. The van der Waals surface area contributed by atoms with Crippen LogP contribution in [0.25, 0.3) is 0 Å². The van der Waals surface area contributed by atoms with E-state index < -0.39 is 6.36 Å². The van der Waals surface area contributed by atoms with Crippen molar-refractivity contribution in [1.82, 2.24) is 5.43 Å². The van der Waals surface area contributed by atoms with E-state index in [2.05, 4.69) is 17.1 Å². The highest BCUT2D eigenvalue weighted by Gasteiger charge is 2.31. The minimum atomic E-state index is -4.65. The fraction of sp³-hybridized carbons (Fsp3) is 0.600. The highest BCUT2D eigenvalue weighted by Crippen LogP contribution is 2.33. The number of hydrazine groups is 1. The first-order chi connectivity index (χ1) is 9.87. The van der Waals surface area contributed by atoms with Gasteiger partial charge in [-0.1, -0.05) is 25.5 Å². The molecule has 0 amide bonds. The predicted octanol–water partition coefficient (Wildman–Crippen LogP) is 3.40. The van der Waals surface area contributed by atoms with Crippen molar-refractivity contribution in [2.24, 2.45) is 17.7 Å². The number of nitrogens with two attached hydrogens (primary N) is 1. The van der Waals surface area contributed by atoms with Crippen LogP contribution in [-0.4, -0.2) is 12.4 Å². The average molecular weight is 302 g/mol. The van der Waals surface area contributed by atoms with Crippen molar-refractivity contribution in [2.45, 2.75) is 45.0 Å². The Balaban J connectivity index is 1.95. The van der Waals surface area contributed by atoms with E-state index in [1.807, 2.05) is 0 Å². The summed E-state index contributed by atoms with van der Waals surface area (Å²) in [5.41, 5.74) is 3.81. The molecule has 0 aromatic heterocycles. The Labute approximate surface area is 122 Å². The molecule has 0 bridgehead atoms. The van der Waals surface area contributed by atoms with Gasteiger partial charge in [0.2, 0.25) is 0 Å². The van der Waals surface area contributed by atoms with E-state index >= 15 is 0 Å². The maximum absolute atomic E-state index is 12.1. The zero-order valence-electron chi connectivity index (χ0n) is 12.0. The van der Waals surface area contributed by atoms with Crippen molar-refractivity contribution in [3.63, 3.8) is 0 Å². The van der Waals surface area contributed by atoms with Crippen LogP contribution < -0.4 is 16.0 Å². The molecule has 1 aromatic carbocycles. The first-order valence-corrected chi connectivity index (χ1v) is 7.18. The molecule has 2 rings (SSSR count). The van der Waals surface area contributed by atoms with Crippen LogP contribution in [0.1, 0.15) is 31.7 Å². The summed E-state index contributed by atoms with van der Waals surface area (Å²) in [6, 6.07) is 6.15. The molecule has 0 spiro atoms. The van der Waals surface area contributed by atoms with Crippen molar-refractivity contribution < 1.29 is 17.9 Å². The Morgan fingerprint density at radius 1 is 1.29 bits per heavy atom. The van der Waals surface area contributed by atoms with Crippen molar-refractivity contribution in [2.75, 3.05) is 0 Å². The number of hydrogen-bond donors (Lipinski definition) is 2. The van der Waals surface area contributed by atoms with Gasteiger partial charge in [-0.25, -0.2) is 0 Å². The van der Waals surface area contributed by atoms with Crippen LogP contribution in [0.2, 0.25) is 0 Å². The number of hydrogen-bond acceptors (Lipinski definition) is 3. The summed E-state index contributed by atoms with van der Waals surface area (Å²) in [5.74, 6) is 6.68. The second kappa shape index (κ2) is 6.66. The first kappa shape index (κ1) is 16.1. The van der Waals surface area contributed by atoms with E-state index in [0.29, 0.717) is 18.3 Å². The van der Waals surface area contributed by atoms with Gasteiger partial charge in [0.1, 0.15) is 5.75 Å². The van der Waals surface area contributed by atoms with Gasteiger partial charge in [-0.2, -0.15) is 0 Å². The van der Waals surface area contributed by atoms with E-state index in [-0.39, 0.29) is 11.8 Å². The molecule has 0 aliphatic heterocycles. The summed E-state index contributed by atoms with van der Waals surface area (Å²) in [7, 11) is 0. The predicted molar refractivity (Wildman–Crippen MR) is 74.4 cm³/mol. The quantitative estimate of drug-likeness (QED) is 0.647. The number of halogens is 3. The van der Waals surface area contributed by atoms with Gasteiger partial charge in [-0.3, -0.25) is 11.3 Å². The summed E-state index contributed by atoms with van der Waals surface area (Å²) in [6.45, 7) is 2.23. The molecule has 1 aliphatic carbocycles. The molecule has 1 fully saturated rings. The van der Waals surface area contributed by atoms with Gasteiger partial charge in [0.05, 0.1) is 0 Å². The van der Waals surface area contributed by atoms with Gasteiger partial charge < -0.3 is 4.74 Å². The Kier molecular flexibility index (Phi) is 5.11. The lowest BCUT2D eigenvalue weighted by atomic mass is 9.92. The zero-order valence-corrected chi connectivity index (χ0v) is 12.0. The van der Waals surface area contributed by atoms with Crippen LogP contribution in [0.5, 0.6) is 5.75 Å². The van der Waals surface area contributed by atoms with Gasteiger partial charge in [-0.05, 0) is 48.8 Å². The standard InChI is InChI=1S/C15H21F3N2O/c1-10-2-5-12(8-10)14(20-19)9-11-3-6-13(7-4-11)21-15(16,17)18/h3-4,6-7,10,12,14,20H,2,5,8-9,19H2,1H3. The molecule has 1 aromatic rings. The van der Waals surface area contributed by atoms with Crippen molar-refractivity contribution in [1.29, 1.82) is 0 Å². The number of alkyl halides is 3. The lowest BCUT2D eigenvalue weighted by molar-refractivity contribution is -0.274. The third-order valence-electron chi connectivity index (χ3n) is 4.13. The molecule has 6 heteroatoms. The maximum Gasteiger partial charge on any atom is 0.573 e. The van der Waals surface area contributed by atoms with Crippen molar-refractivity contribution in [3.8, 4) is 5.75 Å². The van der Waals surface area contributed by atoms with Crippen molar-refractivity contribution in [3.05, 3.63) is 29.8 Å². The lowest BCUT2D eigenvalue weighted by Gasteiger charge is -2.23. The lowest BCUT2D eigenvalue weighted by Crippen LogP contribution is -2.41. The number of rotatable bonds is 5. The fourth-order valence-corrected chi connectivity index (χ4v) is 3.06. The number of nitrogens with one attached hydrogen (secondary N) is 1. The highest BCUT2D eigenvalue weighted by atomic mass is 19.4. The third-order valence-corrected chi connectivity index (χ3v) is 4.13. The summed E-state index contributed by atoms with van der Waals surface area (Å²) in [6.07, 6.45) is -0.445. The zero-order chi connectivity index (χ0) is 15.5. The molecule has 0 saturated heterocycles. The van der Waals surface area contributed by atoms with Crippen LogP contribution in [0.3, 0.4) is 0 Å².